The minimum Gasteiger partial charge on any atom is -0.493 e. The van der Waals surface area contributed by atoms with Gasteiger partial charge in [0, 0.05) is 43.9 Å². The van der Waals surface area contributed by atoms with Crippen LogP contribution in [0.25, 0.3) is 16.8 Å². The SMILES string of the molecule is CCO[Si](CCCNC(=O)OCCCCCOc1ccc(C=CC(=O)O)c2ccccc12)(OCC)OCC. The van der Waals surface area contributed by atoms with Crippen molar-refractivity contribution in [1.29, 1.82) is 0 Å². The molecule has 0 atom stereocenters. The highest BCUT2D eigenvalue weighted by molar-refractivity contribution is 6.60. The maximum atomic E-state index is 12.0. The summed E-state index contributed by atoms with van der Waals surface area (Å²) < 4.78 is 28.7. The normalized spacial score (nSPS) is 11.7. The average molecular weight is 548 g/mol. The van der Waals surface area contributed by atoms with E-state index in [0.717, 1.165) is 47.4 Å². The molecule has 10 heteroatoms. The van der Waals surface area contributed by atoms with E-state index >= 15 is 0 Å². The third-order valence-electron chi connectivity index (χ3n) is 5.62. The highest BCUT2D eigenvalue weighted by Crippen LogP contribution is 2.29. The summed E-state index contributed by atoms with van der Waals surface area (Å²) in [5, 5.41) is 13.5. The van der Waals surface area contributed by atoms with Crippen LogP contribution >= 0.6 is 0 Å². The number of aliphatic carboxylic acids is 1. The third kappa shape index (κ3) is 10.8. The Morgan fingerprint density at radius 1 is 0.868 bits per heavy atom. The molecule has 0 saturated heterocycles. The van der Waals surface area contributed by atoms with Crippen LogP contribution in [0.1, 0.15) is 52.0 Å². The van der Waals surface area contributed by atoms with Gasteiger partial charge >= 0.3 is 20.9 Å². The zero-order chi connectivity index (χ0) is 27.6. The number of carboxylic acids is 1. The Bertz CT molecular complexity index is 1010. The lowest BCUT2D eigenvalue weighted by Crippen LogP contribution is -2.46. The fourth-order valence-electron chi connectivity index (χ4n) is 4.00. The van der Waals surface area contributed by atoms with Gasteiger partial charge in [-0.1, -0.05) is 30.3 Å². The van der Waals surface area contributed by atoms with Crippen molar-refractivity contribution in [2.24, 2.45) is 0 Å². The van der Waals surface area contributed by atoms with E-state index in [1.165, 1.54) is 0 Å². The molecule has 210 valence electrons. The van der Waals surface area contributed by atoms with Gasteiger partial charge in [-0.3, -0.25) is 0 Å². The monoisotopic (exact) mass is 547 g/mol. The number of unbranched alkanes of at least 4 members (excludes halogenated alkanes) is 2. The maximum Gasteiger partial charge on any atom is 0.500 e. The van der Waals surface area contributed by atoms with Crippen LogP contribution in [0.4, 0.5) is 4.79 Å². The first-order valence-corrected chi connectivity index (χ1v) is 15.3. The fraction of sp³-hybridized carbons (Fsp3) is 0.500. The van der Waals surface area contributed by atoms with Crippen molar-refractivity contribution in [2.45, 2.75) is 52.5 Å². The predicted octanol–water partition coefficient (Wildman–Crippen LogP) is 5.65. The largest absolute Gasteiger partial charge is 0.500 e. The Morgan fingerprint density at radius 3 is 2.18 bits per heavy atom. The zero-order valence-corrected chi connectivity index (χ0v) is 23.7. The van der Waals surface area contributed by atoms with Crippen LogP contribution in [0.15, 0.2) is 42.5 Å². The summed E-state index contributed by atoms with van der Waals surface area (Å²) in [5.41, 5.74) is 0.824. The molecule has 2 rings (SSSR count). The van der Waals surface area contributed by atoms with E-state index in [0.29, 0.717) is 52.0 Å². The van der Waals surface area contributed by atoms with Crippen molar-refractivity contribution < 1.29 is 37.4 Å². The number of amides is 1. The second kappa shape index (κ2) is 17.6. The number of carbonyl (C=O) groups is 2. The smallest absolute Gasteiger partial charge is 0.493 e. The number of hydrogen-bond acceptors (Lipinski definition) is 7. The molecule has 0 aromatic heterocycles. The lowest BCUT2D eigenvalue weighted by molar-refractivity contribution is -0.131. The van der Waals surface area contributed by atoms with Gasteiger partial charge in [0.2, 0.25) is 0 Å². The van der Waals surface area contributed by atoms with E-state index in [1.807, 2.05) is 57.2 Å². The molecule has 0 spiro atoms. The summed E-state index contributed by atoms with van der Waals surface area (Å²) in [6, 6.07) is 12.1. The molecule has 2 aromatic carbocycles. The van der Waals surface area contributed by atoms with E-state index < -0.39 is 20.9 Å². The zero-order valence-electron chi connectivity index (χ0n) is 22.7. The van der Waals surface area contributed by atoms with Gasteiger partial charge in [-0.15, -0.1) is 0 Å². The number of carbonyl (C=O) groups excluding carboxylic acids is 1. The van der Waals surface area contributed by atoms with Crippen LogP contribution < -0.4 is 10.1 Å². The Kier molecular flexibility index (Phi) is 14.5. The van der Waals surface area contributed by atoms with Crippen molar-refractivity contribution in [3.05, 3.63) is 48.0 Å². The maximum absolute atomic E-state index is 12.0. The number of fused-ring (bicyclic) bond motifs is 1. The third-order valence-corrected chi connectivity index (χ3v) is 8.78. The van der Waals surface area contributed by atoms with Crippen molar-refractivity contribution in [3.63, 3.8) is 0 Å². The predicted molar refractivity (Wildman–Crippen MR) is 149 cm³/mol. The molecule has 2 aromatic rings. The summed E-state index contributed by atoms with van der Waals surface area (Å²) in [7, 11) is -2.69. The molecule has 0 radical (unpaired) electrons. The van der Waals surface area contributed by atoms with Crippen LogP contribution in [-0.2, 0) is 22.8 Å². The van der Waals surface area contributed by atoms with Crippen LogP contribution in [0.2, 0.25) is 6.04 Å². The van der Waals surface area contributed by atoms with E-state index in [1.54, 1.807) is 6.08 Å². The summed E-state index contributed by atoms with van der Waals surface area (Å²) in [4.78, 5) is 22.8. The van der Waals surface area contributed by atoms with E-state index in [4.69, 9.17) is 27.9 Å². The molecule has 0 aliphatic rings. The van der Waals surface area contributed by atoms with Crippen molar-refractivity contribution >= 4 is 37.7 Å². The number of nitrogens with one attached hydrogen (secondary N) is 1. The number of carboxylic acid groups (broad SMARTS) is 1. The molecule has 2 N–H and O–H groups in total. The standard InChI is InChI=1S/C28H41NO8Si/c1-4-35-38(36-5-2,37-6-3)22-12-19-29-28(32)34-21-11-7-10-20-33-26-17-15-23(16-18-27(30)31)24-13-8-9-14-25(24)26/h8-9,13-18H,4-7,10-12,19-22H2,1-3H3,(H,29,32)(H,30,31). The van der Waals surface area contributed by atoms with Gasteiger partial charge in [-0.25, -0.2) is 9.59 Å². The highest BCUT2D eigenvalue weighted by atomic mass is 28.4. The van der Waals surface area contributed by atoms with Crippen LogP contribution in [-0.4, -0.2) is 65.6 Å². The minimum atomic E-state index is -2.69. The van der Waals surface area contributed by atoms with Crippen LogP contribution in [0.5, 0.6) is 5.75 Å². The van der Waals surface area contributed by atoms with Crippen molar-refractivity contribution in [2.75, 3.05) is 39.6 Å². The molecule has 0 aliphatic carbocycles. The van der Waals surface area contributed by atoms with Crippen LogP contribution in [0.3, 0.4) is 0 Å². The quantitative estimate of drug-likeness (QED) is 0.132. The molecule has 0 heterocycles. The van der Waals surface area contributed by atoms with E-state index in [2.05, 4.69) is 5.32 Å². The molecular weight excluding hydrogens is 506 g/mol. The minimum absolute atomic E-state index is 0.342. The van der Waals surface area contributed by atoms with Gasteiger partial charge in [0.25, 0.3) is 0 Å². The fourth-order valence-corrected chi connectivity index (χ4v) is 6.61. The molecular formula is C28H41NO8Si. The summed E-state index contributed by atoms with van der Waals surface area (Å²) in [6.45, 7) is 8.69. The molecule has 0 fully saturated rings. The lowest BCUT2D eigenvalue weighted by Gasteiger charge is -2.28. The van der Waals surface area contributed by atoms with Gasteiger partial charge in [0.1, 0.15) is 5.75 Å². The molecule has 38 heavy (non-hydrogen) atoms. The molecule has 0 aliphatic heterocycles. The topological polar surface area (TPSA) is 113 Å². The first-order valence-electron chi connectivity index (χ1n) is 13.3. The van der Waals surface area contributed by atoms with Gasteiger partial charge in [0.05, 0.1) is 13.2 Å². The van der Waals surface area contributed by atoms with Gasteiger partial charge in [-0.2, -0.15) is 0 Å². The van der Waals surface area contributed by atoms with Gasteiger partial charge in [-0.05, 0) is 69.5 Å². The Balaban J connectivity index is 1.65. The Labute approximate surface area is 226 Å². The number of ether oxygens (including phenoxy) is 2. The second-order valence-electron chi connectivity index (χ2n) is 8.43. The highest BCUT2D eigenvalue weighted by Gasteiger charge is 2.39. The van der Waals surface area contributed by atoms with Crippen LogP contribution in [0, 0.1) is 0 Å². The summed E-state index contributed by atoms with van der Waals surface area (Å²) in [5.74, 6) is -0.227. The molecule has 1 amide bonds. The Hall–Kier alpha value is -2.92. The molecule has 0 saturated carbocycles. The number of hydrogen-bond donors (Lipinski definition) is 2. The Morgan fingerprint density at radius 2 is 1.53 bits per heavy atom. The second-order valence-corrected chi connectivity index (χ2v) is 11.2. The van der Waals surface area contributed by atoms with Crippen molar-refractivity contribution in [3.8, 4) is 5.75 Å². The number of rotatable bonds is 19. The molecule has 0 bridgehead atoms. The molecule has 9 nitrogen and oxygen atoms in total. The van der Waals surface area contributed by atoms with Crippen molar-refractivity contribution in [1.82, 2.24) is 5.32 Å². The lowest BCUT2D eigenvalue weighted by atomic mass is 10.0. The summed E-state index contributed by atoms with van der Waals surface area (Å²) in [6.07, 6.45) is 5.39. The summed E-state index contributed by atoms with van der Waals surface area (Å²) >= 11 is 0. The van der Waals surface area contributed by atoms with E-state index in [9.17, 15) is 9.59 Å². The number of alkyl carbamates (subject to hydrolysis) is 1. The van der Waals surface area contributed by atoms with E-state index in [-0.39, 0.29) is 0 Å². The van der Waals surface area contributed by atoms with Gasteiger partial charge in [0.15, 0.2) is 0 Å². The number of benzene rings is 2. The first-order chi connectivity index (χ1) is 18.4. The average Bonchev–Trinajstić information content (AvgIpc) is 2.90. The first kappa shape index (κ1) is 31.3. The molecule has 0 unspecified atom stereocenters. The van der Waals surface area contributed by atoms with Gasteiger partial charge < -0.3 is 33.2 Å².